The molecular weight excluding hydrogens is 498 g/mol. The Hall–Kier alpha value is -4.77. The standard InChI is InChI=1S/C28H27N7O4/c1-2-22(36)34-12-6-9-19(14-34)35-26-23(25(29)30-15-31-26)24(33-35)18-10-11-20-21(13-18)38-16-39-28(20)32-27(37)17-7-4-3-5-8-17/h2-5,7-8,10-11,13,15,19,28H,1,6,9,12,14,16H2,(H,32,37)(H2,29,30,31)/t19?,28-/m1/s1. The van der Waals surface area contributed by atoms with Crippen LogP contribution in [0, 0.1) is 0 Å². The number of nitrogens with one attached hydrogen (secondary N) is 1. The van der Waals surface area contributed by atoms with E-state index in [0.717, 1.165) is 18.4 Å². The zero-order valence-electron chi connectivity index (χ0n) is 21.1. The van der Waals surface area contributed by atoms with Crippen LogP contribution >= 0.6 is 0 Å². The Kier molecular flexibility index (Phi) is 6.41. The molecule has 4 heterocycles. The molecule has 11 heteroatoms. The van der Waals surface area contributed by atoms with Gasteiger partial charge < -0.3 is 25.4 Å². The molecule has 4 aromatic rings. The number of nitrogens with zero attached hydrogens (tertiary/aromatic N) is 5. The van der Waals surface area contributed by atoms with Gasteiger partial charge in [-0.05, 0) is 37.1 Å². The molecule has 0 radical (unpaired) electrons. The van der Waals surface area contributed by atoms with Gasteiger partial charge in [-0.3, -0.25) is 9.59 Å². The maximum Gasteiger partial charge on any atom is 0.253 e. The molecule has 39 heavy (non-hydrogen) atoms. The fraction of sp³-hybridized carbons (Fsp3) is 0.250. The van der Waals surface area contributed by atoms with Gasteiger partial charge in [-0.15, -0.1) is 0 Å². The Balaban J connectivity index is 1.34. The van der Waals surface area contributed by atoms with Crippen molar-refractivity contribution in [3.63, 3.8) is 0 Å². The second-order valence-corrected chi connectivity index (χ2v) is 9.44. The van der Waals surface area contributed by atoms with E-state index in [1.165, 1.54) is 12.4 Å². The molecule has 1 fully saturated rings. The number of aromatic nitrogens is 4. The van der Waals surface area contributed by atoms with Crippen molar-refractivity contribution >= 4 is 28.7 Å². The lowest BCUT2D eigenvalue weighted by Gasteiger charge is -2.32. The molecule has 2 aromatic carbocycles. The predicted octanol–water partition coefficient (Wildman–Crippen LogP) is 3.22. The van der Waals surface area contributed by atoms with E-state index in [4.69, 9.17) is 20.3 Å². The Bertz CT molecular complexity index is 1570. The number of piperidine rings is 1. The Morgan fingerprint density at radius 2 is 2.00 bits per heavy atom. The minimum absolute atomic E-state index is 0.0220. The quantitative estimate of drug-likeness (QED) is 0.379. The van der Waals surface area contributed by atoms with Crippen LogP contribution in [0.15, 0.2) is 67.5 Å². The molecule has 2 atom stereocenters. The van der Waals surface area contributed by atoms with Gasteiger partial charge >= 0.3 is 0 Å². The van der Waals surface area contributed by atoms with E-state index in [1.54, 1.807) is 29.2 Å². The highest BCUT2D eigenvalue weighted by molar-refractivity contribution is 5.98. The van der Waals surface area contributed by atoms with Crippen LogP contribution in [0.5, 0.6) is 5.75 Å². The smallest absolute Gasteiger partial charge is 0.253 e. The molecule has 198 valence electrons. The van der Waals surface area contributed by atoms with Gasteiger partial charge in [-0.2, -0.15) is 5.10 Å². The van der Waals surface area contributed by atoms with Gasteiger partial charge in [0, 0.05) is 29.8 Å². The highest BCUT2D eigenvalue weighted by atomic mass is 16.7. The summed E-state index contributed by atoms with van der Waals surface area (Å²) in [6, 6.07) is 14.5. The van der Waals surface area contributed by atoms with Gasteiger partial charge in [0.2, 0.25) is 5.91 Å². The van der Waals surface area contributed by atoms with Crippen molar-refractivity contribution in [2.45, 2.75) is 25.1 Å². The second kappa shape index (κ2) is 10.2. The van der Waals surface area contributed by atoms with Crippen LogP contribution in [0.1, 0.15) is 41.0 Å². The van der Waals surface area contributed by atoms with Gasteiger partial charge in [-0.1, -0.05) is 36.9 Å². The summed E-state index contributed by atoms with van der Waals surface area (Å²) in [5, 5.41) is 8.48. The first-order valence-electron chi connectivity index (χ1n) is 12.7. The topological polar surface area (TPSA) is 137 Å². The Morgan fingerprint density at radius 1 is 1.15 bits per heavy atom. The number of likely N-dealkylation sites (tertiary alicyclic amines) is 1. The van der Waals surface area contributed by atoms with Crippen molar-refractivity contribution < 1.29 is 19.1 Å². The fourth-order valence-corrected chi connectivity index (χ4v) is 5.13. The van der Waals surface area contributed by atoms with Crippen molar-refractivity contribution in [3.8, 4) is 17.0 Å². The maximum absolute atomic E-state index is 12.7. The van der Waals surface area contributed by atoms with Crippen LogP contribution in [0.3, 0.4) is 0 Å². The fourth-order valence-electron chi connectivity index (χ4n) is 5.13. The number of carbonyl (C=O) groups excluding carboxylic acids is 2. The number of ether oxygens (including phenoxy) is 2. The number of hydrogen-bond acceptors (Lipinski definition) is 8. The normalized spacial score (nSPS) is 18.7. The molecular formula is C28H27N7O4. The first-order chi connectivity index (χ1) is 19.0. The molecule has 0 aliphatic carbocycles. The van der Waals surface area contributed by atoms with E-state index in [9.17, 15) is 9.59 Å². The largest absolute Gasteiger partial charge is 0.467 e. The van der Waals surface area contributed by atoms with Crippen molar-refractivity contribution in [2.75, 3.05) is 25.6 Å². The molecule has 2 aromatic heterocycles. The first kappa shape index (κ1) is 24.6. The summed E-state index contributed by atoms with van der Waals surface area (Å²) in [7, 11) is 0. The zero-order valence-corrected chi connectivity index (χ0v) is 21.1. The predicted molar refractivity (Wildman–Crippen MR) is 143 cm³/mol. The van der Waals surface area contributed by atoms with Crippen LogP contribution < -0.4 is 15.8 Å². The minimum atomic E-state index is -0.672. The summed E-state index contributed by atoms with van der Waals surface area (Å²) in [5.41, 5.74) is 9.51. The molecule has 0 saturated carbocycles. The van der Waals surface area contributed by atoms with Gasteiger partial charge in [0.15, 0.2) is 18.7 Å². The number of fused-ring (bicyclic) bond motifs is 2. The summed E-state index contributed by atoms with van der Waals surface area (Å²) in [4.78, 5) is 35.5. The number of benzene rings is 2. The molecule has 1 saturated heterocycles. The third-order valence-corrected chi connectivity index (χ3v) is 7.06. The third-order valence-electron chi connectivity index (χ3n) is 7.06. The van der Waals surface area contributed by atoms with Gasteiger partial charge in [0.05, 0.1) is 11.4 Å². The molecule has 0 spiro atoms. The van der Waals surface area contributed by atoms with Crippen LogP contribution in [-0.2, 0) is 9.53 Å². The number of amides is 2. The molecule has 2 aliphatic heterocycles. The maximum atomic E-state index is 12.7. The van der Waals surface area contributed by atoms with E-state index in [-0.39, 0.29) is 24.6 Å². The van der Waals surface area contributed by atoms with Crippen molar-refractivity contribution in [2.24, 2.45) is 0 Å². The van der Waals surface area contributed by atoms with Gasteiger partial charge in [0.25, 0.3) is 5.91 Å². The number of anilines is 1. The summed E-state index contributed by atoms with van der Waals surface area (Å²) in [6.45, 7) is 4.77. The van der Waals surface area contributed by atoms with Crippen molar-refractivity contribution in [3.05, 3.63) is 78.6 Å². The summed E-state index contributed by atoms with van der Waals surface area (Å²) in [6.07, 6.45) is 3.76. The number of hydrogen-bond donors (Lipinski definition) is 2. The second-order valence-electron chi connectivity index (χ2n) is 9.44. The average molecular weight is 526 g/mol. The Morgan fingerprint density at radius 3 is 2.82 bits per heavy atom. The van der Waals surface area contributed by atoms with E-state index in [0.29, 0.717) is 52.5 Å². The molecule has 6 rings (SSSR count). The van der Waals surface area contributed by atoms with E-state index in [1.807, 2.05) is 28.9 Å². The highest BCUT2D eigenvalue weighted by Crippen LogP contribution is 2.38. The van der Waals surface area contributed by atoms with Crippen molar-refractivity contribution in [1.29, 1.82) is 0 Å². The third kappa shape index (κ3) is 4.57. The number of nitrogen functional groups attached to an aromatic ring is 1. The molecule has 11 nitrogen and oxygen atoms in total. The van der Waals surface area contributed by atoms with Crippen LogP contribution in [0.2, 0.25) is 0 Å². The van der Waals surface area contributed by atoms with Crippen molar-refractivity contribution in [1.82, 2.24) is 30.0 Å². The van der Waals surface area contributed by atoms with E-state index < -0.39 is 6.23 Å². The number of nitrogens with two attached hydrogens (primary N) is 1. The highest BCUT2D eigenvalue weighted by Gasteiger charge is 2.29. The summed E-state index contributed by atoms with van der Waals surface area (Å²) < 4.78 is 13.3. The first-order valence-corrected chi connectivity index (χ1v) is 12.7. The average Bonchev–Trinajstić information content (AvgIpc) is 3.38. The number of carbonyl (C=O) groups is 2. The van der Waals surface area contributed by atoms with Crippen LogP contribution in [-0.4, -0.2) is 56.3 Å². The van der Waals surface area contributed by atoms with Gasteiger partial charge in [-0.25, -0.2) is 14.6 Å². The molecule has 3 N–H and O–H groups in total. The number of rotatable bonds is 5. The molecule has 0 bridgehead atoms. The minimum Gasteiger partial charge on any atom is -0.467 e. The lowest BCUT2D eigenvalue weighted by atomic mass is 10.0. The van der Waals surface area contributed by atoms with Crippen LogP contribution in [0.4, 0.5) is 5.82 Å². The molecule has 1 unspecified atom stereocenters. The van der Waals surface area contributed by atoms with Crippen LogP contribution in [0.25, 0.3) is 22.3 Å². The van der Waals surface area contributed by atoms with E-state index in [2.05, 4.69) is 21.9 Å². The van der Waals surface area contributed by atoms with E-state index >= 15 is 0 Å². The zero-order chi connectivity index (χ0) is 26.9. The molecule has 2 amide bonds. The summed E-state index contributed by atoms with van der Waals surface area (Å²) in [5.74, 6) is 0.527. The lowest BCUT2D eigenvalue weighted by Crippen LogP contribution is -2.40. The van der Waals surface area contributed by atoms with Gasteiger partial charge in [0.1, 0.15) is 23.6 Å². The molecule has 2 aliphatic rings. The lowest BCUT2D eigenvalue weighted by molar-refractivity contribution is -0.127. The Labute approximate surface area is 224 Å². The summed E-state index contributed by atoms with van der Waals surface area (Å²) >= 11 is 0. The monoisotopic (exact) mass is 525 g/mol. The SMILES string of the molecule is C=CC(=O)N1CCCC(n2nc(-c3ccc4c(c3)OCO[C@H]4NC(=O)c3ccccc3)c3c(N)ncnc32)C1.